The molecule has 2 aromatic carbocycles. The molecule has 5 heteroatoms. The summed E-state index contributed by atoms with van der Waals surface area (Å²) in [5, 5.41) is 8.54. The second kappa shape index (κ2) is 12.8. The van der Waals surface area contributed by atoms with Crippen LogP contribution in [0, 0.1) is 0 Å². The highest BCUT2D eigenvalue weighted by Gasteiger charge is 2.31. The summed E-state index contributed by atoms with van der Waals surface area (Å²) in [5.41, 5.74) is 10.6. The molecule has 9 rings (SSSR count). The van der Waals surface area contributed by atoms with Crippen LogP contribution in [0.25, 0.3) is 54.6 Å². The number of nitrogens with zero attached hydrogens (tertiary/aromatic N) is 3. The van der Waals surface area contributed by atoms with Crippen molar-refractivity contribution in [1.82, 2.24) is 15.0 Å². The van der Waals surface area contributed by atoms with Crippen molar-refractivity contribution in [2.45, 2.75) is 51.4 Å². The van der Waals surface area contributed by atoms with Crippen LogP contribution in [-0.2, 0) is 25.7 Å². The summed E-state index contributed by atoms with van der Waals surface area (Å²) in [6.07, 6.45) is 13.3. The Hall–Kier alpha value is -4.55. The number of rotatable bonds is 6. The van der Waals surface area contributed by atoms with E-state index in [1.807, 2.05) is 24.5 Å². The smallest absolute Gasteiger partial charge is 0.0755 e. The Morgan fingerprint density at radius 3 is 1.08 bits per heavy atom. The molecule has 0 N–H and O–H groups in total. The normalized spacial score (nSPS) is 14.8. The van der Waals surface area contributed by atoms with E-state index in [-0.39, 0.29) is 0 Å². The molecule has 0 bridgehead atoms. The molecular formula is C43H37N3P2. The molecule has 0 fully saturated rings. The van der Waals surface area contributed by atoms with E-state index >= 15 is 0 Å². The van der Waals surface area contributed by atoms with Gasteiger partial charge in [0.1, 0.15) is 0 Å². The predicted octanol–water partition coefficient (Wildman–Crippen LogP) is 12.2. The lowest BCUT2D eigenvalue weighted by Gasteiger charge is -2.16. The Bertz CT molecular complexity index is 2060. The average Bonchev–Trinajstić information content (AvgIpc) is 3.70. The topological polar surface area (TPSA) is 38.7 Å². The number of hydrogen-bond acceptors (Lipinski definition) is 3. The first kappa shape index (κ1) is 29.6. The number of fused-ring (bicyclic) bond motifs is 2. The Labute approximate surface area is 284 Å². The summed E-state index contributed by atoms with van der Waals surface area (Å²) in [4.78, 5) is 15.7. The maximum Gasteiger partial charge on any atom is 0.0755 e. The van der Waals surface area contributed by atoms with Gasteiger partial charge in [0.05, 0.1) is 22.8 Å². The fourth-order valence-corrected chi connectivity index (χ4v) is 14.0. The van der Waals surface area contributed by atoms with Crippen LogP contribution in [0.15, 0.2) is 128 Å². The van der Waals surface area contributed by atoms with E-state index in [1.165, 1.54) is 79.7 Å². The van der Waals surface area contributed by atoms with Gasteiger partial charge in [-0.25, -0.2) is 4.98 Å². The van der Waals surface area contributed by atoms with E-state index in [9.17, 15) is 0 Å². The van der Waals surface area contributed by atoms with E-state index in [2.05, 4.69) is 103 Å². The van der Waals surface area contributed by atoms with Crippen LogP contribution >= 0.6 is 15.1 Å². The molecule has 0 amide bonds. The molecule has 2 unspecified atom stereocenters. The SMILES string of the molecule is c1ccc(-p2c(-c3ccccn3)c3c(c2-c2cccc(-c4c5c(c(-c6ccccn6)p4-c4ccccc4)CCCC5)n2)CCCC3)cc1. The molecule has 2 atom stereocenters. The van der Waals surface area contributed by atoms with Gasteiger partial charge in [-0.3, -0.25) is 9.97 Å². The maximum absolute atomic E-state index is 5.75. The Balaban J connectivity index is 1.33. The zero-order valence-electron chi connectivity index (χ0n) is 27.0. The molecule has 2 aliphatic carbocycles. The summed E-state index contributed by atoms with van der Waals surface area (Å²) in [7, 11) is -1.61. The van der Waals surface area contributed by atoms with E-state index in [1.54, 1.807) is 0 Å². The lowest BCUT2D eigenvalue weighted by atomic mass is 9.90. The van der Waals surface area contributed by atoms with Gasteiger partial charge in [0.15, 0.2) is 0 Å². The first-order valence-corrected chi connectivity index (χ1v) is 20.0. The summed E-state index contributed by atoms with van der Waals surface area (Å²) in [6, 6.07) is 42.0. The highest BCUT2D eigenvalue weighted by atomic mass is 31.1. The van der Waals surface area contributed by atoms with E-state index < -0.39 is 15.1 Å². The van der Waals surface area contributed by atoms with Gasteiger partial charge in [-0.1, -0.05) is 93.9 Å². The molecule has 2 aliphatic rings. The molecule has 7 aromatic rings. The van der Waals surface area contributed by atoms with Crippen molar-refractivity contribution in [2.75, 3.05) is 0 Å². The van der Waals surface area contributed by atoms with Crippen LogP contribution in [0.1, 0.15) is 47.9 Å². The minimum atomic E-state index is -0.807. The predicted molar refractivity (Wildman–Crippen MR) is 203 cm³/mol. The van der Waals surface area contributed by atoms with E-state index in [0.717, 1.165) is 48.5 Å². The highest BCUT2D eigenvalue weighted by Crippen LogP contribution is 2.64. The molecule has 48 heavy (non-hydrogen) atoms. The molecule has 0 saturated heterocycles. The van der Waals surface area contributed by atoms with Crippen molar-refractivity contribution in [3.05, 3.63) is 150 Å². The average molecular weight is 658 g/mol. The summed E-state index contributed by atoms with van der Waals surface area (Å²) in [6.45, 7) is 0. The van der Waals surface area contributed by atoms with Gasteiger partial charge in [-0.05, 0) is 121 Å². The van der Waals surface area contributed by atoms with Gasteiger partial charge in [-0.15, -0.1) is 0 Å². The molecule has 5 aromatic heterocycles. The van der Waals surface area contributed by atoms with Crippen molar-refractivity contribution >= 4 is 15.1 Å². The third kappa shape index (κ3) is 5.09. The van der Waals surface area contributed by atoms with Gasteiger partial charge in [0, 0.05) is 33.6 Å². The molecule has 0 aliphatic heterocycles. The molecule has 234 valence electrons. The van der Waals surface area contributed by atoms with Crippen molar-refractivity contribution < 1.29 is 0 Å². The lowest BCUT2D eigenvalue weighted by Crippen LogP contribution is -2.03. The summed E-state index contributed by atoms with van der Waals surface area (Å²) in [5.74, 6) is 0. The van der Waals surface area contributed by atoms with Gasteiger partial charge < -0.3 is 0 Å². The number of aromatic nitrogens is 3. The lowest BCUT2D eigenvalue weighted by molar-refractivity contribution is 0.691. The van der Waals surface area contributed by atoms with Crippen molar-refractivity contribution in [1.29, 1.82) is 0 Å². The molecule has 3 nitrogen and oxygen atoms in total. The van der Waals surface area contributed by atoms with Gasteiger partial charge in [-0.2, -0.15) is 0 Å². The van der Waals surface area contributed by atoms with Gasteiger partial charge >= 0.3 is 0 Å². The fraction of sp³-hybridized carbons (Fsp3) is 0.186. The van der Waals surface area contributed by atoms with Crippen molar-refractivity contribution in [2.24, 2.45) is 0 Å². The fourth-order valence-electron chi connectivity index (χ4n) is 8.07. The second-order valence-electron chi connectivity index (χ2n) is 12.9. The first-order chi connectivity index (χ1) is 23.9. The molecule has 0 radical (unpaired) electrons. The standard InChI is InChI=1S/C43H37N3P2/c1-3-16-30(17-4-1)47-40(36-24-11-13-28-44-36)32-20-7-9-22-34(32)42(47)38-26-15-27-39(46-38)43-35-23-10-8-21-33(35)41(37-25-12-14-29-45-37)48(43)31-18-5-2-6-19-31/h1-6,11-19,24-29H,7-10,20-23H2. The molecule has 0 saturated carbocycles. The summed E-state index contributed by atoms with van der Waals surface area (Å²) >= 11 is 0. The highest BCUT2D eigenvalue weighted by molar-refractivity contribution is 7.64. The first-order valence-electron chi connectivity index (χ1n) is 17.3. The van der Waals surface area contributed by atoms with Gasteiger partial charge in [0.25, 0.3) is 0 Å². The zero-order valence-corrected chi connectivity index (χ0v) is 28.8. The van der Waals surface area contributed by atoms with E-state index in [0.29, 0.717) is 0 Å². The Morgan fingerprint density at radius 2 is 0.708 bits per heavy atom. The minimum Gasteiger partial charge on any atom is -0.256 e. The molecular weight excluding hydrogens is 620 g/mol. The number of pyridine rings is 3. The maximum atomic E-state index is 5.75. The Morgan fingerprint density at radius 1 is 0.354 bits per heavy atom. The van der Waals surface area contributed by atoms with Crippen LogP contribution < -0.4 is 0 Å². The number of benzene rings is 2. The largest absolute Gasteiger partial charge is 0.256 e. The summed E-state index contributed by atoms with van der Waals surface area (Å²) < 4.78 is 0. The van der Waals surface area contributed by atoms with Crippen LogP contribution in [-0.4, -0.2) is 15.0 Å². The van der Waals surface area contributed by atoms with Crippen LogP contribution in [0.3, 0.4) is 0 Å². The van der Waals surface area contributed by atoms with Crippen LogP contribution in [0.2, 0.25) is 0 Å². The Kier molecular flexibility index (Phi) is 7.89. The van der Waals surface area contributed by atoms with Crippen LogP contribution in [0.5, 0.6) is 0 Å². The van der Waals surface area contributed by atoms with Crippen molar-refractivity contribution in [3.8, 4) is 54.6 Å². The zero-order chi connectivity index (χ0) is 31.9. The minimum absolute atomic E-state index is 0.807. The monoisotopic (exact) mass is 657 g/mol. The van der Waals surface area contributed by atoms with E-state index in [4.69, 9.17) is 15.0 Å². The molecule has 5 heterocycles. The van der Waals surface area contributed by atoms with Crippen molar-refractivity contribution in [3.63, 3.8) is 0 Å². The second-order valence-corrected chi connectivity index (χ2v) is 17.1. The third-order valence-corrected chi connectivity index (χ3v) is 15.5. The molecule has 0 spiro atoms. The third-order valence-electron chi connectivity index (χ3n) is 10.1. The van der Waals surface area contributed by atoms with Gasteiger partial charge in [0.2, 0.25) is 0 Å². The van der Waals surface area contributed by atoms with Crippen LogP contribution in [0.4, 0.5) is 0 Å². The quantitative estimate of drug-likeness (QED) is 0.179. The number of hydrogen-bond donors (Lipinski definition) is 0.